The van der Waals surface area contributed by atoms with Gasteiger partial charge in [-0.3, -0.25) is 9.59 Å². The van der Waals surface area contributed by atoms with Crippen molar-refractivity contribution in [3.63, 3.8) is 0 Å². The van der Waals surface area contributed by atoms with Crippen molar-refractivity contribution in [2.45, 2.75) is 38.0 Å². The van der Waals surface area contributed by atoms with Gasteiger partial charge in [-0.25, -0.2) is 0 Å². The molecular formula is C32H36N4O4. The quantitative estimate of drug-likeness (QED) is 0.209. The number of amides is 1. The minimum Gasteiger partial charge on any atom is -0.506 e. The Bertz CT molecular complexity index is 1500. The lowest BCUT2D eigenvalue weighted by atomic mass is 10.00. The van der Waals surface area contributed by atoms with E-state index in [1.54, 1.807) is 12.1 Å². The fraction of sp³-hybridized carbons (Fsp3) is 0.312. The standard InChI is InChI=1S/C32H36N4O4/c37-28-12-10-26(27-11-13-31(40)35-32(27)28)29(38)21-33-24-14-17-36(18-15-24)19-16-30(39)34-20-23-8-4-5-9-25(23)22-6-2-1-3-7-22/h1-13,24,29,33,37-38H,14-21H2,(H,34,39)(H,35,40). The van der Waals surface area contributed by atoms with Gasteiger partial charge in [0.05, 0.1) is 11.6 Å². The predicted molar refractivity (Wildman–Crippen MR) is 157 cm³/mol. The van der Waals surface area contributed by atoms with Gasteiger partial charge in [0.15, 0.2) is 0 Å². The number of pyridine rings is 1. The van der Waals surface area contributed by atoms with Crippen molar-refractivity contribution in [2.24, 2.45) is 0 Å². The van der Waals surface area contributed by atoms with Gasteiger partial charge in [0.25, 0.3) is 0 Å². The summed E-state index contributed by atoms with van der Waals surface area (Å²) in [6.07, 6.45) is 1.55. The zero-order chi connectivity index (χ0) is 27.9. The van der Waals surface area contributed by atoms with Gasteiger partial charge in [-0.05, 0) is 60.3 Å². The lowest BCUT2D eigenvalue weighted by Gasteiger charge is -2.32. The number of hydrogen-bond donors (Lipinski definition) is 5. The number of phenolic OH excluding ortho intramolecular Hbond substituents is 1. The molecule has 1 aliphatic rings. The normalized spacial score (nSPS) is 15.2. The minimum absolute atomic E-state index is 0.0188. The van der Waals surface area contributed by atoms with Crippen molar-refractivity contribution < 1.29 is 15.0 Å². The number of hydrogen-bond acceptors (Lipinski definition) is 6. The van der Waals surface area contributed by atoms with E-state index < -0.39 is 6.10 Å². The molecule has 1 aromatic heterocycles. The molecule has 40 heavy (non-hydrogen) atoms. The van der Waals surface area contributed by atoms with Gasteiger partial charge in [0.2, 0.25) is 11.5 Å². The molecule has 2 heterocycles. The Morgan fingerprint density at radius 1 is 0.975 bits per heavy atom. The molecule has 1 amide bonds. The molecule has 208 valence electrons. The summed E-state index contributed by atoms with van der Waals surface area (Å²) >= 11 is 0. The summed E-state index contributed by atoms with van der Waals surface area (Å²) in [6, 6.07) is 24.9. The van der Waals surface area contributed by atoms with Crippen LogP contribution in [0.3, 0.4) is 0 Å². The number of benzene rings is 3. The van der Waals surface area contributed by atoms with E-state index >= 15 is 0 Å². The Hall–Kier alpha value is -3.98. The fourth-order valence-electron chi connectivity index (χ4n) is 5.41. The number of carbonyl (C=O) groups is 1. The van der Waals surface area contributed by atoms with E-state index in [2.05, 4.69) is 44.8 Å². The number of phenols is 1. The van der Waals surface area contributed by atoms with Gasteiger partial charge in [-0.2, -0.15) is 0 Å². The first-order valence-electron chi connectivity index (χ1n) is 13.9. The number of aromatic hydroxyl groups is 1. The molecular weight excluding hydrogens is 504 g/mol. The first kappa shape index (κ1) is 27.6. The summed E-state index contributed by atoms with van der Waals surface area (Å²) in [5.41, 5.74) is 4.07. The number of aliphatic hydroxyl groups excluding tert-OH is 1. The first-order valence-corrected chi connectivity index (χ1v) is 13.9. The third-order valence-electron chi connectivity index (χ3n) is 7.69. The second-order valence-electron chi connectivity index (χ2n) is 10.4. The average molecular weight is 541 g/mol. The summed E-state index contributed by atoms with van der Waals surface area (Å²) < 4.78 is 0. The van der Waals surface area contributed by atoms with Crippen LogP contribution in [0.5, 0.6) is 5.75 Å². The van der Waals surface area contributed by atoms with Crippen LogP contribution >= 0.6 is 0 Å². The summed E-state index contributed by atoms with van der Waals surface area (Å²) in [7, 11) is 0. The molecule has 0 radical (unpaired) electrons. The number of H-pyrrole nitrogens is 1. The number of fused-ring (bicyclic) bond motifs is 1. The summed E-state index contributed by atoms with van der Waals surface area (Å²) in [6.45, 7) is 3.38. The maximum absolute atomic E-state index is 12.6. The largest absolute Gasteiger partial charge is 0.506 e. The molecule has 0 saturated carbocycles. The molecule has 0 aliphatic carbocycles. The molecule has 1 saturated heterocycles. The molecule has 1 aliphatic heterocycles. The molecule has 4 aromatic rings. The Balaban J connectivity index is 1.04. The van der Waals surface area contributed by atoms with Crippen molar-refractivity contribution >= 4 is 16.8 Å². The van der Waals surface area contributed by atoms with Crippen molar-refractivity contribution in [3.8, 4) is 16.9 Å². The van der Waals surface area contributed by atoms with E-state index in [4.69, 9.17) is 0 Å². The number of aromatic nitrogens is 1. The highest BCUT2D eigenvalue weighted by atomic mass is 16.3. The van der Waals surface area contributed by atoms with Gasteiger partial charge >= 0.3 is 0 Å². The molecule has 1 fully saturated rings. The maximum Gasteiger partial charge on any atom is 0.248 e. The Morgan fingerprint density at radius 2 is 1.73 bits per heavy atom. The molecule has 5 rings (SSSR count). The van der Waals surface area contributed by atoms with Crippen LogP contribution in [-0.4, -0.2) is 58.2 Å². The number of aromatic amines is 1. The van der Waals surface area contributed by atoms with Crippen molar-refractivity contribution in [3.05, 3.63) is 100 Å². The molecule has 0 bridgehead atoms. The predicted octanol–water partition coefficient (Wildman–Crippen LogP) is 3.69. The number of nitrogens with one attached hydrogen (secondary N) is 3. The van der Waals surface area contributed by atoms with Gasteiger partial charge in [-0.1, -0.05) is 60.7 Å². The van der Waals surface area contributed by atoms with E-state index in [1.807, 2.05) is 30.3 Å². The lowest BCUT2D eigenvalue weighted by molar-refractivity contribution is -0.121. The highest BCUT2D eigenvalue weighted by Gasteiger charge is 2.21. The maximum atomic E-state index is 12.6. The average Bonchev–Trinajstić information content (AvgIpc) is 2.99. The van der Waals surface area contributed by atoms with Crippen LogP contribution in [0.1, 0.15) is 36.5 Å². The number of aliphatic hydroxyl groups is 1. The molecule has 5 N–H and O–H groups in total. The monoisotopic (exact) mass is 540 g/mol. The van der Waals surface area contributed by atoms with Gasteiger partial charge in [-0.15, -0.1) is 0 Å². The molecule has 3 aromatic carbocycles. The molecule has 1 unspecified atom stereocenters. The number of nitrogens with zero attached hydrogens (tertiary/aromatic N) is 1. The molecule has 8 nitrogen and oxygen atoms in total. The number of carbonyl (C=O) groups excluding carboxylic acids is 1. The van der Waals surface area contributed by atoms with E-state index in [-0.39, 0.29) is 23.3 Å². The third kappa shape index (κ3) is 6.77. The summed E-state index contributed by atoms with van der Waals surface area (Å²) in [4.78, 5) is 29.2. The van der Waals surface area contributed by atoms with Gasteiger partial charge in [0.1, 0.15) is 5.75 Å². The Morgan fingerprint density at radius 3 is 2.52 bits per heavy atom. The second kappa shape index (κ2) is 12.9. The van der Waals surface area contributed by atoms with Crippen molar-refractivity contribution in [2.75, 3.05) is 26.2 Å². The van der Waals surface area contributed by atoms with E-state index in [0.29, 0.717) is 36.0 Å². The Kier molecular flexibility index (Phi) is 8.91. The highest BCUT2D eigenvalue weighted by Crippen LogP contribution is 2.29. The van der Waals surface area contributed by atoms with E-state index in [9.17, 15) is 19.8 Å². The molecule has 1 atom stereocenters. The van der Waals surface area contributed by atoms with Crippen LogP contribution in [0.25, 0.3) is 22.0 Å². The van der Waals surface area contributed by atoms with Gasteiger partial charge < -0.3 is 30.7 Å². The number of rotatable bonds is 10. The number of likely N-dealkylation sites (tertiary alicyclic amines) is 1. The van der Waals surface area contributed by atoms with Crippen LogP contribution in [-0.2, 0) is 11.3 Å². The zero-order valence-electron chi connectivity index (χ0n) is 22.5. The third-order valence-corrected chi connectivity index (χ3v) is 7.69. The molecule has 0 spiro atoms. The SMILES string of the molecule is O=C(CCN1CCC(NCC(O)c2ccc(O)c3[nH]c(=O)ccc23)CC1)NCc1ccccc1-c1ccccc1. The second-order valence-corrected chi connectivity index (χ2v) is 10.4. The van der Waals surface area contributed by atoms with E-state index in [0.717, 1.165) is 49.2 Å². The van der Waals surface area contributed by atoms with Crippen molar-refractivity contribution in [1.82, 2.24) is 20.5 Å². The summed E-state index contributed by atoms with van der Waals surface area (Å²) in [5, 5.41) is 28.1. The van der Waals surface area contributed by atoms with Crippen molar-refractivity contribution in [1.29, 1.82) is 0 Å². The zero-order valence-corrected chi connectivity index (χ0v) is 22.5. The van der Waals surface area contributed by atoms with E-state index in [1.165, 1.54) is 12.1 Å². The summed E-state index contributed by atoms with van der Waals surface area (Å²) in [5.74, 6) is 0.0309. The van der Waals surface area contributed by atoms with Crippen LogP contribution in [0, 0.1) is 0 Å². The lowest BCUT2D eigenvalue weighted by Crippen LogP contribution is -2.44. The first-order chi connectivity index (χ1) is 19.5. The number of piperidine rings is 1. The van der Waals surface area contributed by atoms with Gasteiger partial charge in [0, 0.05) is 43.5 Å². The minimum atomic E-state index is -0.775. The molecule has 8 heteroatoms. The fourth-order valence-corrected chi connectivity index (χ4v) is 5.41. The smallest absolute Gasteiger partial charge is 0.248 e. The highest BCUT2D eigenvalue weighted by molar-refractivity contribution is 5.87. The van der Waals surface area contributed by atoms with Crippen LogP contribution < -0.4 is 16.2 Å². The van der Waals surface area contributed by atoms with Crippen LogP contribution in [0.2, 0.25) is 0 Å². The topological polar surface area (TPSA) is 118 Å². The van der Waals surface area contributed by atoms with Crippen LogP contribution in [0.4, 0.5) is 0 Å². The van der Waals surface area contributed by atoms with Crippen LogP contribution in [0.15, 0.2) is 83.7 Å². The Labute approximate surface area is 233 Å².